The lowest BCUT2D eigenvalue weighted by molar-refractivity contribution is 0.0544. The molecule has 0 saturated carbocycles. The van der Waals surface area contributed by atoms with Crippen LogP contribution in [0.4, 0.5) is 0 Å². The predicted octanol–water partition coefficient (Wildman–Crippen LogP) is 1.81. The van der Waals surface area contributed by atoms with Crippen LogP contribution >= 0.6 is 0 Å². The summed E-state index contributed by atoms with van der Waals surface area (Å²) in [6, 6.07) is 13.7. The highest BCUT2D eigenvalue weighted by Crippen LogP contribution is 2.24. The normalized spacial score (nSPS) is 18.9. The van der Waals surface area contributed by atoms with Gasteiger partial charge in [0.05, 0.1) is 6.04 Å². The lowest BCUT2D eigenvalue weighted by Crippen LogP contribution is -2.49. The molecule has 2 heterocycles. The number of likely N-dealkylation sites (N-methyl/N-ethyl adjacent to an activating group) is 1. The molecule has 3 rings (SSSR count). The number of piperazine rings is 1. The summed E-state index contributed by atoms with van der Waals surface area (Å²) in [4.78, 5) is 31.5. The number of aryl methyl sites for hydroxylation is 1. The van der Waals surface area contributed by atoms with Gasteiger partial charge in [-0.2, -0.15) is 0 Å². The molecule has 0 radical (unpaired) electrons. The van der Waals surface area contributed by atoms with Gasteiger partial charge in [-0.15, -0.1) is 0 Å². The van der Waals surface area contributed by atoms with E-state index in [1.54, 1.807) is 24.0 Å². The molecule has 0 aliphatic carbocycles. The van der Waals surface area contributed by atoms with Gasteiger partial charge in [0.15, 0.2) is 0 Å². The van der Waals surface area contributed by atoms with Crippen LogP contribution in [0.15, 0.2) is 47.3 Å². The van der Waals surface area contributed by atoms with Crippen LogP contribution in [0.2, 0.25) is 0 Å². The van der Waals surface area contributed by atoms with E-state index in [2.05, 4.69) is 29.1 Å². The number of carbonyl (C=O) groups is 1. The maximum Gasteiger partial charge on any atom is 0.260 e. The largest absolute Gasteiger partial charge is 0.335 e. The van der Waals surface area contributed by atoms with Crippen LogP contribution in [0.1, 0.15) is 27.7 Å². The van der Waals surface area contributed by atoms with Crippen LogP contribution in [-0.4, -0.2) is 47.4 Å². The number of rotatable bonds is 2. The minimum atomic E-state index is -0.315. The smallest absolute Gasteiger partial charge is 0.260 e. The summed E-state index contributed by atoms with van der Waals surface area (Å²) in [6.07, 6.45) is 0. The number of hydrogen-bond acceptors (Lipinski definition) is 3. The van der Waals surface area contributed by atoms with Gasteiger partial charge in [-0.3, -0.25) is 14.5 Å². The van der Waals surface area contributed by atoms with E-state index in [0.29, 0.717) is 13.1 Å². The van der Waals surface area contributed by atoms with Gasteiger partial charge in [0.2, 0.25) is 0 Å². The highest BCUT2D eigenvalue weighted by molar-refractivity contribution is 5.94. The Labute approximate surface area is 135 Å². The van der Waals surface area contributed by atoms with Crippen molar-refractivity contribution in [3.8, 4) is 0 Å². The van der Waals surface area contributed by atoms with Crippen molar-refractivity contribution in [1.29, 1.82) is 0 Å². The number of carbonyl (C=O) groups excluding carboxylic acids is 1. The topological polar surface area (TPSA) is 56.4 Å². The van der Waals surface area contributed by atoms with Crippen molar-refractivity contribution < 1.29 is 4.79 Å². The van der Waals surface area contributed by atoms with Crippen molar-refractivity contribution in [3.63, 3.8) is 0 Å². The van der Waals surface area contributed by atoms with Gasteiger partial charge in [0.1, 0.15) is 5.56 Å². The minimum Gasteiger partial charge on any atom is -0.335 e. The zero-order valence-corrected chi connectivity index (χ0v) is 13.5. The predicted molar refractivity (Wildman–Crippen MR) is 89.5 cm³/mol. The third-order valence-corrected chi connectivity index (χ3v) is 4.41. The van der Waals surface area contributed by atoms with E-state index in [-0.39, 0.29) is 23.1 Å². The molecule has 1 aliphatic rings. The van der Waals surface area contributed by atoms with Gasteiger partial charge in [-0.05, 0) is 31.7 Å². The van der Waals surface area contributed by atoms with Gasteiger partial charge in [0.25, 0.3) is 11.5 Å². The second-order valence-electron chi connectivity index (χ2n) is 6.04. The number of nitrogens with zero attached hydrogens (tertiary/aromatic N) is 2. The van der Waals surface area contributed by atoms with Crippen molar-refractivity contribution >= 4 is 5.91 Å². The molecule has 1 N–H and O–H groups in total. The molecule has 1 fully saturated rings. The number of nitrogens with one attached hydrogen (secondary N) is 1. The summed E-state index contributed by atoms with van der Waals surface area (Å²) >= 11 is 0. The number of amides is 1. The lowest BCUT2D eigenvalue weighted by atomic mass is 10.0. The van der Waals surface area contributed by atoms with Gasteiger partial charge >= 0.3 is 0 Å². The summed E-state index contributed by atoms with van der Waals surface area (Å²) in [7, 11) is 2.07. The van der Waals surface area contributed by atoms with Gasteiger partial charge < -0.3 is 9.88 Å². The van der Waals surface area contributed by atoms with E-state index in [9.17, 15) is 9.59 Å². The second-order valence-corrected chi connectivity index (χ2v) is 6.04. The Kier molecular flexibility index (Phi) is 4.30. The molecule has 0 spiro atoms. The van der Waals surface area contributed by atoms with Crippen LogP contribution < -0.4 is 5.56 Å². The van der Waals surface area contributed by atoms with Crippen molar-refractivity contribution in [2.24, 2.45) is 0 Å². The third-order valence-electron chi connectivity index (χ3n) is 4.41. The van der Waals surface area contributed by atoms with Crippen LogP contribution in [0.3, 0.4) is 0 Å². The maximum atomic E-state index is 12.7. The fraction of sp³-hybridized carbons (Fsp3) is 0.333. The molecule has 1 aliphatic heterocycles. The molecule has 0 bridgehead atoms. The molecule has 1 amide bonds. The molecule has 120 valence electrons. The second kappa shape index (κ2) is 6.38. The van der Waals surface area contributed by atoms with E-state index >= 15 is 0 Å². The van der Waals surface area contributed by atoms with E-state index in [0.717, 1.165) is 12.2 Å². The molecule has 1 unspecified atom stereocenters. The average molecular weight is 311 g/mol. The van der Waals surface area contributed by atoms with E-state index in [1.807, 2.05) is 18.2 Å². The third kappa shape index (κ3) is 3.19. The zero-order chi connectivity index (χ0) is 16.4. The van der Waals surface area contributed by atoms with Gasteiger partial charge in [0, 0.05) is 25.3 Å². The van der Waals surface area contributed by atoms with Crippen LogP contribution in [-0.2, 0) is 0 Å². The lowest BCUT2D eigenvalue weighted by Gasteiger charge is -2.39. The summed E-state index contributed by atoms with van der Waals surface area (Å²) in [5, 5.41) is 0. The summed E-state index contributed by atoms with van der Waals surface area (Å²) in [6.45, 7) is 3.81. The Morgan fingerprint density at radius 2 is 1.87 bits per heavy atom. The highest BCUT2D eigenvalue weighted by Gasteiger charge is 2.29. The SMILES string of the molecule is Cc1ccc(C(=O)N2CCN(C)C(c3ccccc3)C2)c(=O)[nH]1. The van der Waals surface area contributed by atoms with Crippen LogP contribution in [0.5, 0.6) is 0 Å². The fourth-order valence-corrected chi connectivity index (χ4v) is 3.00. The number of pyridine rings is 1. The standard InChI is InChI=1S/C18H21N3O2/c1-13-8-9-15(17(22)19-13)18(23)21-11-10-20(2)16(12-21)14-6-4-3-5-7-14/h3-9,16H,10-12H2,1-2H3,(H,19,22). The van der Waals surface area contributed by atoms with Crippen molar-refractivity contribution in [2.45, 2.75) is 13.0 Å². The first-order valence-electron chi connectivity index (χ1n) is 7.80. The summed E-state index contributed by atoms with van der Waals surface area (Å²) in [5.74, 6) is -0.194. The summed E-state index contributed by atoms with van der Waals surface area (Å²) < 4.78 is 0. The van der Waals surface area contributed by atoms with Crippen LogP contribution in [0.25, 0.3) is 0 Å². The number of hydrogen-bond donors (Lipinski definition) is 1. The molecular weight excluding hydrogens is 290 g/mol. The Balaban J connectivity index is 1.83. The number of benzene rings is 1. The zero-order valence-electron chi connectivity index (χ0n) is 13.5. The maximum absolute atomic E-state index is 12.7. The number of H-pyrrole nitrogens is 1. The summed E-state index contributed by atoms with van der Waals surface area (Å²) in [5.41, 5.74) is 1.84. The van der Waals surface area contributed by atoms with Crippen LogP contribution in [0, 0.1) is 6.92 Å². The highest BCUT2D eigenvalue weighted by atomic mass is 16.2. The molecular formula is C18H21N3O2. The molecule has 5 heteroatoms. The van der Waals surface area contributed by atoms with Crippen molar-refractivity contribution in [3.05, 3.63) is 69.6 Å². The van der Waals surface area contributed by atoms with Gasteiger partial charge in [-0.1, -0.05) is 30.3 Å². The first-order chi connectivity index (χ1) is 11.1. The molecule has 2 aromatic rings. The molecule has 1 aromatic carbocycles. The molecule has 1 aromatic heterocycles. The molecule has 1 atom stereocenters. The fourth-order valence-electron chi connectivity index (χ4n) is 3.00. The van der Waals surface area contributed by atoms with Crippen molar-refractivity contribution in [2.75, 3.05) is 26.7 Å². The number of aromatic amines is 1. The average Bonchev–Trinajstić information content (AvgIpc) is 2.55. The monoisotopic (exact) mass is 311 g/mol. The van der Waals surface area contributed by atoms with E-state index in [4.69, 9.17) is 0 Å². The minimum absolute atomic E-state index is 0.151. The Morgan fingerprint density at radius 3 is 2.57 bits per heavy atom. The molecule has 5 nitrogen and oxygen atoms in total. The quantitative estimate of drug-likeness (QED) is 0.920. The first-order valence-corrected chi connectivity index (χ1v) is 7.80. The number of aromatic nitrogens is 1. The Hall–Kier alpha value is -2.40. The molecule has 23 heavy (non-hydrogen) atoms. The Bertz CT molecular complexity index is 754. The Morgan fingerprint density at radius 1 is 1.13 bits per heavy atom. The van der Waals surface area contributed by atoms with Crippen molar-refractivity contribution in [1.82, 2.24) is 14.8 Å². The first kappa shape index (κ1) is 15.5. The van der Waals surface area contributed by atoms with Gasteiger partial charge in [-0.25, -0.2) is 0 Å². The van der Waals surface area contributed by atoms with E-state index in [1.165, 1.54) is 5.56 Å². The molecule has 1 saturated heterocycles. The van der Waals surface area contributed by atoms with E-state index < -0.39 is 0 Å².